The highest BCUT2D eigenvalue weighted by Crippen LogP contribution is 2.26. The van der Waals surface area contributed by atoms with Crippen molar-refractivity contribution in [2.45, 2.75) is 25.3 Å². The fourth-order valence-corrected chi connectivity index (χ4v) is 3.83. The third-order valence-corrected chi connectivity index (χ3v) is 5.45. The lowest BCUT2D eigenvalue weighted by molar-refractivity contribution is 0.0920. The van der Waals surface area contributed by atoms with Crippen LogP contribution in [0.2, 0.25) is 0 Å². The lowest BCUT2D eigenvalue weighted by atomic mass is 10.0. The summed E-state index contributed by atoms with van der Waals surface area (Å²) in [4.78, 5) is 14.9. The second-order valence-corrected chi connectivity index (χ2v) is 7.64. The summed E-state index contributed by atoms with van der Waals surface area (Å²) in [7, 11) is 1.64. The van der Waals surface area contributed by atoms with Crippen LogP contribution >= 0.6 is 15.9 Å². The van der Waals surface area contributed by atoms with Crippen LogP contribution in [0.4, 0.5) is 4.39 Å². The number of hydrogen-bond acceptors (Lipinski definition) is 3. The zero-order valence-electron chi connectivity index (χ0n) is 15.4. The van der Waals surface area contributed by atoms with Gasteiger partial charge in [-0.05, 0) is 61.8 Å². The van der Waals surface area contributed by atoms with Crippen LogP contribution in [0.25, 0.3) is 0 Å². The van der Waals surface area contributed by atoms with Crippen molar-refractivity contribution in [3.8, 4) is 5.75 Å². The molecule has 1 unspecified atom stereocenters. The van der Waals surface area contributed by atoms with Crippen LogP contribution in [0.1, 0.15) is 41.2 Å². The quantitative estimate of drug-likeness (QED) is 0.724. The van der Waals surface area contributed by atoms with Gasteiger partial charge in [-0.3, -0.25) is 9.69 Å². The molecule has 2 aromatic carbocycles. The maximum absolute atomic E-state index is 14.0. The maximum atomic E-state index is 14.0. The van der Waals surface area contributed by atoms with Gasteiger partial charge in [0.2, 0.25) is 0 Å². The molecule has 0 aromatic heterocycles. The van der Waals surface area contributed by atoms with Crippen LogP contribution in [-0.4, -0.2) is 37.6 Å². The van der Waals surface area contributed by atoms with Crippen molar-refractivity contribution < 1.29 is 13.9 Å². The van der Waals surface area contributed by atoms with Crippen molar-refractivity contribution in [2.75, 3.05) is 26.7 Å². The van der Waals surface area contributed by atoms with Gasteiger partial charge in [0.15, 0.2) is 0 Å². The molecule has 144 valence electrons. The maximum Gasteiger partial charge on any atom is 0.254 e. The number of nitrogens with one attached hydrogen (secondary N) is 1. The van der Waals surface area contributed by atoms with Gasteiger partial charge in [-0.1, -0.05) is 34.5 Å². The Morgan fingerprint density at radius 1 is 1.19 bits per heavy atom. The molecule has 6 heteroatoms. The fourth-order valence-electron chi connectivity index (χ4n) is 3.47. The molecule has 0 spiro atoms. The molecule has 0 radical (unpaired) electrons. The van der Waals surface area contributed by atoms with E-state index < -0.39 is 11.7 Å². The normalized spacial score (nSPS) is 16.0. The molecule has 2 aromatic rings. The molecule has 4 nitrogen and oxygen atoms in total. The van der Waals surface area contributed by atoms with Crippen molar-refractivity contribution >= 4 is 21.8 Å². The summed E-state index contributed by atoms with van der Waals surface area (Å²) in [5.74, 6) is -0.115. The second-order valence-electron chi connectivity index (χ2n) is 6.72. The van der Waals surface area contributed by atoms with Crippen molar-refractivity contribution in [2.24, 2.45) is 0 Å². The zero-order chi connectivity index (χ0) is 19.2. The average molecular weight is 435 g/mol. The molecule has 1 atom stereocenters. The standard InChI is InChI=1S/C21H24BrFN2O2/c1-27-17-8-5-15(6-9-17)20(25-11-3-2-4-12-25)14-24-21(26)18-13-16(22)7-10-19(18)23/h5-10,13,20H,2-4,11-12,14H2,1H3,(H,24,26). The molecule has 1 aliphatic rings. The van der Waals surface area contributed by atoms with Gasteiger partial charge >= 0.3 is 0 Å². The molecule has 1 amide bonds. The predicted molar refractivity (Wildman–Crippen MR) is 108 cm³/mol. The van der Waals surface area contributed by atoms with E-state index >= 15 is 0 Å². The van der Waals surface area contributed by atoms with Gasteiger partial charge in [0.05, 0.1) is 18.7 Å². The van der Waals surface area contributed by atoms with Gasteiger partial charge < -0.3 is 10.1 Å². The molecule has 3 rings (SSSR count). The van der Waals surface area contributed by atoms with Crippen LogP contribution in [0.3, 0.4) is 0 Å². The smallest absolute Gasteiger partial charge is 0.254 e. The van der Waals surface area contributed by atoms with E-state index in [2.05, 4.69) is 26.1 Å². The van der Waals surface area contributed by atoms with Crippen molar-refractivity contribution in [1.82, 2.24) is 10.2 Å². The number of ether oxygens (including phenoxy) is 1. The van der Waals surface area contributed by atoms with Gasteiger partial charge in [0.25, 0.3) is 5.91 Å². The molecular formula is C21H24BrFN2O2. The highest BCUT2D eigenvalue weighted by Gasteiger charge is 2.23. The summed E-state index contributed by atoms with van der Waals surface area (Å²) < 4.78 is 19.9. The third kappa shape index (κ3) is 5.08. The van der Waals surface area contributed by atoms with Crippen LogP contribution in [-0.2, 0) is 0 Å². The Kier molecular flexibility index (Phi) is 6.85. The first-order chi connectivity index (χ1) is 13.1. The van der Waals surface area contributed by atoms with Crippen molar-refractivity contribution in [1.29, 1.82) is 0 Å². The minimum atomic E-state index is -0.519. The number of amides is 1. The highest BCUT2D eigenvalue weighted by molar-refractivity contribution is 9.10. The van der Waals surface area contributed by atoms with Gasteiger partial charge in [-0.25, -0.2) is 4.39 Å². The van der Waals surface area contributed by atoms with E-state index in [0.717, 1.165) is 37.2 Å². The largest absolute Gasteiger partial charge is 0.497 e. The zero-order valence-corrected chi connectivity index (χ0v) is 17.0. The Bertz CT molecular complexity index is 776. The lowest BCUT2D eigenvalue weighted by Crippen LogP contribution is -2.40. The summed E-state index contributed by atoms with van der Waals surface area (Å²) in [5, 5.41) is 2.92. The number of benzene rings is 2. The first-order valence-electron chi connectivity index (χ1n) is 9.19. The molecule has 1 heterocycles. The van der Waals surface area contributed by atoms with E-state index in [0.29, 0.717) is 11.0 Å². The Morgan fingerprint density at radius 2 is 1.89 bits per heavy atom. The second kappa shape index (κ2) is 9.33. The SMILES string of the molecule is COc1ccc(C(CNC(=O)c2cc(Br)ccc2F)N2CCCCC2)cc1. The first kappa shape index (κ1) is 19.8. The molecule has 0 aliphatic carbocycles. The van der Waals surface area contributed by atoms with E-state index in [4.69, 9.17) is 4.74 Å². The third-order valence-electron chi connectivity index (χ3n) is 4.96. The van der Waals surface area contributed by atoms with Crippen molar-refractivity contribution in [3.63, 3.8) is 0 Å². The Morgan fingerprint density at radius 3 is 2.56 bits per heavy atom. The summed E-state index contributed by atoms with van der Waals surface area (Å²) in [5.41, 5.74) is 1.17. The minimum Gasteiger partial charge on any atom is -0.497 e. The van der Waals surface area contributed by atoms with Gasteiger partial charge in [0.1, 0.15) is 11.6 Å². The van der Waals surface area contributed by atoms with E-state index in [1.54, 1.807) is 13.2 Å². The minimum absolute atomic E-state index is 0.0513. The summed E-state index contributed by atoms with van der Waals surface area (Å²) in [6, 6.07) is 12.4. The van der Waals surface area contributed by atoms with Gasteiger partial charge in [-0.2, -0.15) is 0 Å². The number of likely N-dealkylation sites (tertiary alicyclic amines) is 1. The number of carbonyl (C=O) groups excluding carboxylic acids is 1. The Hall–Kier alpha value is -1.92. The van der Waals surface area contributed by atoms with Crippen molar-refractivity contribution in [3.05, 3.63) is 63.9 Å². The number of rotatable bonds is 6. The summed E-state index contributed by atoms with van der Waals surface area (Å²) in [6.07, 6.45) is 3.54. The van der Waals surface area contributed by atoms with Crippen LogP contribution < -0.4 is 10.1 Å². The number of hydrogen-bond donors (Lipinski definition) is 1. The molecule has 27 heavy (non-hydrogen) atoms. The number of nitrogens with zero attached hydrogens (tertiary/aromatic N) is 1. The van der Waals surface area contributed by atoms with E-state index in [-0.39, 0.29) is 11.6 Å². The number of methoxy groups -OCH3 is 1. The molecule has 1 aliphatic heterocycles. The molecule has 0 saturated carbocycles. The lowest BCUT2D eigenvalue weighted by Gasteiger charge is -2.35. The van der Waals surface area contributed by atoms with Crippen LogP contribution in [0, 0.1) is 5.82 Å². The first-order valence-corrected chi connectivity index (χ1v) is 9.99. The summed E-state index contributed by atoms with van der Waals surface area (Å²) in [6.45, 7) is 2.42. The average Bonchev–Trinajstić information content (AvgIpc) is 2.71. The fraction of sp³-hybridized carbons (Fsp3) is 0.381. The van der Waals surface area contributed by atoms with E-state index in [1.807, 2.05) is 24.3 Å². The number of piperidine rings is 1. The van der Waals surface area contributed by atoms with E-state index in [9.17, 15) is 9.18 Å². The summed E-state index contributed by atoms with van der Waals surface area (Å²) >= 11 is 3.29. The topological polar surface area (TPSA) is 41.6 Å². The van der Waals surface area contributed by atoms with Gasteiger partial charge in [-0.15, -0.1) is 0 Å². The Labute approximate surface area is 167 Å². The van der Waals surface area contributed by atoms with Gasteiger partial charge in [0, 0.05) is 11.0 Å². The monoisotopic (exact) mass is 434 g/mol. The highest BCUT2D eigenvalue weighted by atomic mass is 79.9. The van der Waals surface area contributed by atoms with Crippen LogP contribution in [0.15, 0.2) is 46.9 Å². The van der Waals surface area contributed by atoms with E-state index in [1.165, 1.54) is 18.6 Å². The molecule has 1 N–H and O–H groups in total. The molecule has 1 saturated heterocycles. The molecular weight excluding hydrogens is 411 g/mol. The Balaban J connectivity index is 1.76. The molecule has 1 fully saturated rings. The number of halogens is 2. The predicted octanol–water partition coefficient (Wildman–Crippen LogP) is 4.55. The van der Waals surface area contributed by atoms with Crippen LogP contribution in [0.5, 0.6) is 5.75 Å². The molecule has 0 bridgehead atoms. The number of carbonyl (C=O) groups is 1.